The van der Waals surface area contributed by atoms with Crippen molar-refractivity contribution in [2.75, 3.05) is 19.8 Å². The van der Waals surface area contributed by atoms with Gasteiger partial charge in [0.1, 0.15) is 18.1 Å². The van der Waals surface area contributed by atoms with Gasteiger partial charge in [0, 0.05) is 12.3 Å². The van der Waals surface area contributed by atoms with Gasteiger partial charge < -0.3 is 14.6 Å². The van der Waals surface area contributed by atoms with E-state index in [1.165, 1.54) is 0 Å². The zero-order valence-electron chi connectivity index (χ0n) is 10.8. The van der Waals surface area contributed by atoms with Crippen molar-refractivity contribution in [1.29, 1.82) is 0 Å². The van der Waals surface area contributed by atoms with Crippen LogP contribution in [-0.4, -0.2) is 29.9 Å². The van der Waals surface area contributed by atoms with E-state index in [-0.39, 0.29) is 6.61 Å². The van der Waals surface area contributed by atoms with Gasteiger partial charge in [0.2, 0.25) is 0 Å². The van der Waals surface area contributed by atoms with Crippen LogP contribution in [0.25, 0.3) is 0 Å². The smallest absolute Gasteiger partial charge is 0.143 e. The van der Waals surface area contributed by atoms with Gasteiger partial charge in [-0.05, 0) is 25.0 Å². The number of nitrogens with zero attached hydrogens (tertiary/aromatic N) is 1. The maximum absolute atomic E-state index is 9.14. The summed E-state index contributed by atoms with van der Waals surface area (Å²) in [7, 11) is 0. The number of ether oxygens (including phenoxy) is 2. The minimum Gasteiger partial charge on any atom is -0.489 e. The SMILES string of the molecule is Cc1ccc(OCCOCC(C)C)c(CO)n1. The molecule has 0 unspecified atom stereocenters. The zero-order chi connectivity index (χ0) is 12.7. The van der Waals surface area contributed by atoms with E-state index in [0.717, 1.165) is 12.3 Å². The Hall–Kier alpha value is -1.13. The van der Waals surface area contributed by atoms with Gasteiger partial charge in [-0.1, -0.05) is 13.8 Å². The van der Waals surface area contributed by atoms with Crippen molar-refractivity contribution in [2.45, 2.75) is 27.4 Å². The number of hydrogen-bond donors (Lipinski definition) is 1. The van der Waals surface area contributed by atoms with Gasteiger partial charge >= 0.3 is 0 Å². The Morgan fingerprint density at radius 3 is 2.71 bits per heavy atom. The average molecular weight is 239 g/mol. The summed E-state index contributed by atoms with van der Waals surface area (Å²) in [5.41, 5.74) is 1.45. The van der Waals surface area contributed by atoms with Crippen LogP contribution in [0.5, 0.6) is 5.75 Å². The van der Waals surface area contributed by atoms with Crippen LogP contribution in [-0.2, 0) is 11.3 Å². The molecule has 1 rings (SSSR count). The summed E-state index contributed by atoms with van der Waals surface area (Å²) in [6.45, 7) is 7.76. The molecule has 96 valence electrons. The van der Waals surface area contributed by atoms with Crippen molar-refractivity contribution in [1.82, 2.24) is 4.98 Å². The highest BCUT2D eigenvalue weighted by Crippen LogP contribution is 2.16. The Balaban J connectivity index is 2.36. The van der Waals surface area contributed by atoms with Crippen LogP contribution in [0.4, 0.5) is 0 Å². The Kier molecular flexibility index (Phi) is 5.94. The molecule has 0 atom stereocenters. The molecule has 0 saturated heterocycles. The lowest BCUT2D eigenvalue weighted by Crippen LogP contribution is -2.11. The van der Waals surface area contributed by atoms with E-state index >= 15 is 0 Å². The summed E-state index contributed by atoms with van der Waals surface area (Å²) < 4.78 is 10.9. The van der Waals surface area contributed by atoms with Crippen molar-refractivity contribution in [3.05, 3.63) is 23.5 Å². The topological polar surface area (TPSA) is 51.6 Å². The maximum atomic E-state index is 9.14. The normalized spacial score (nSPS) is 10.9. The number of hydrogen-bond acceptors (Lipinski definition) is 4. The van der Waals surface area contributed by atoms with Gasteiger partial charge in [-0.3, -0.25) is 4.98 Å². The molecule has 17 heavy (non-hydrogen) atoms. The monoisotopic (exact) mass is 239 g/mol. The summed E-state index contributed by atoms with van der Waals surface area (Å²) >= 11 is 0. The standard InChI is InChI=1S/C13H21NO3/c1-10(2)9-16-6-7-17-13-5-4-11(3)14-12(13)8-15/h4-5,10,15H,6-9H2,1-3H3. The third-order valence-electron chi connectivity index (χ3n) is 2.16. The lowest BCUT2D eigenvalue weighted by atomic mass is 10.2. The molecule has 0 amide bonds. The molecule has 0 saturated carbocycles. The van der Waals surface area contributed by atoms with E-state index in [0.29, 0.717) is 30.6 Å². The Morgan fingerprint density at radius 2 is 2.06 bits per heavy atom. The lowest BCUT2D eigenvalue weighted by molar-refractivity contribution is 0.0810. The van der Waals surface area contributed by atoms with Gasteiger partial charge in [0.25, 0.3) is 0 Å². The Bertz CT molecular complexity index is 339. The number of aliphatic hydroxyl groups excluding tert-OH is 1. The van der Waals surface area contributed by atoms with Crippen LogP contribution >= 0.6 is 0 Å². The van der Waals surface area contributed by atoms with Crippen LogP contribution in [0.15, 0.2) is 12.1 Å². The van der Waals surface area contributed by atoms with Crippen LogP contribution in [0, 0.1) is 12.8 Å². The largest absolute Gasteiger partial charge is 0.489 e. The van der Waals surface area contributed by atoms with Crippen LogP contribution in [0.1, 0.15) is 25.2 Å². The molecule has 0 aliphatic heterocycles. The predicted octanol–water partition coefficient (Wildman–Crippen LogP) is 1.93. The van der Waals surface area contributed by atoms with Crippen LogP contribution in [0.3, 0.4) is 0 Å². The minimum absolute atomic E-state index is 0.107. The van der Waals surface area contributed by atoms with Crippen molar-refractivity contribution < 1.29 is 14.6 Å². The summed E-state index contributed by atoms with van der Waals surface area (Å²) in [5, 5.41) is 9.14. The lowest BCUT2D eigenvalue weighted by Gasteiger charge is -2.11. The van der Waals surface area contributed by atoms with E-state index in [1.807, 2.05) is 19.1 Å². The summed E-state index contributed by atoms with van der Waals surface area (Å²) in [6, 6.07) is 3.69. The van der Waals surface area contributed by atoms with E-state index in [9.17, 15) is 0 Å². The second kappa shape index (κ2) is 7.25. The molecule has 1 aromatic heterocycles. The van der Waals surface area contributed by atoms with Crippen LogP contribution < -0.4 is 4.74 Å². The fourth-order valence-electron chi connectivity index (χ4n) is 1.37. The summed E-state index contributed by atoms with van der Waals surface area (Å²) in [4.78, 5) is 4.20. The minimum atomic E-state index is -0.107. The molecule has 0 fully saturated rings. The van der Waals surface area contributed by atoms with E-state index in [2.05, 4.69) is 18.8 Å². The number of pyridine rings is 1. The van der Waals surface area contributed by atoms with Crippen molar-refractivity contribution in [2.24, 2.45) is 5.92 Å². The molecule has 4 nitrogen and oxygen atoms in total. The van der Waals surface area contributed by atoms with E-state index in [1.54, 1.807) is 0 Å². The maximum Gasteiger partial charge on any atom is 0.143 e. The summed E-state index contributed by atoms with van der Waals surface area (Å²) in [6.07, 6.45) is 0. The van der Waals surface area contributed by atoms with E-state index in [4.69, 9.17) is 14.6 Å². The molecule has 1 aromatic rings. The van der Waals surface area contributed by atoms with Gasteiger partial charge in [-0.15, -0.1) is 0 Å². The molecule has 0 aromatic carbocycles. The quantitative estimate of drug-likeness (QED) is 0.739. The number of aliphatic hydroxyl groups is 1. The molecular weight excluding hydrogens is 218 g/mol. The molecule has 0 radical (unpaired) electrons. The third-order valence-corrected chi connectivity index (χ3v) is 2.16. The molecular formula is C13H21NO3. The second-order valence-corrected chi connectivity index (χ2v) is 4.37. The average Bonchev–Trinajstić information content (AvgIpc) is 2.29. The van der Waals surface area contributed by atoms with Gasteiger partial charge in [0.15, 0.2) is 0 Å². The molecule has 0 aliphatic rings. The molecule has 4 heteroatoms. The summed E-state index contributed by atoms with van der Waals surface area (Å²) in [5.74, 6) is 1.16. The first-order chi connectivity index (χ1) is 8.13. The fourth-order valence-corrected chi connectivity index (χ4v) is 1.37. The van der Waals surface area contributed by atoms with Crippen molar-refractivity contribution >= 4 is 0 Å². The first-order valence-corrected chi connectivity index (χ1v) is 5.91. The first kappa shape index (κ1) is 13.9. The highest BCUT2D eigenvalue weighted by Gasteiger charge is 2.04. The Labute approximate surface area is 103 Å². The fraction of sp³-hybridized carbons (Fsp3) is 0.615. The van der Waals surface area contributed by atoms with Gasteiger partial charge in [0.05, 0.1) is 13.2 Å². The molecule has 0 bridgehead atoms. The van der Waals surface area contributed by atoms with E-state index < -0.39 is 0 Å². The number of aromatic nitrogens is 1. The van der Waals surface area contributed by atoms with Gasteiger partial charge in [-0.25, -0.2) is 0 Å². The zero-order valence-corrected chi connectivity index (χ0v) is 10.8. The Morgan fingerprint density at radius 1 is 1.29 bits per heavy atom. The highest BCUT2D eigenvalue weighted by molar-refractivity contribution is 5.28. The number of aryl methyl sites for hydroxylation is 1. The van der Waals surface area contributed by atoms with Crippen molar-refractivity contribution in [3.8, 4) is 5.75 Å². The first-order valence-electron chi connectivity index (χ1n) is 5.91. The highest BCUT2D eigenvalue weighted by atomic mass is 16.5. The predicted molar refractivity (Wildman–Crippen MR) is 66.0 cm³/mol. The third kappa shape index (κ3) is 5.15. The van der Waals surface area contributed by atoms with Gasteiger partial charge in [-0.2, -0.15) is 0 Å². The second-order valence-electron chi connectivity index (χ2n) is 4.37. The van der Waals surface area contributed by atoms with Crippen LogP contribution in [0.2, 0.25) is 0 Å². The molecule has 1 heterocycles. The molecule has 1 N–H and O–H groups in total. The molecule has 0 aliphatic carbocycles. The molecule has 0 spiro atoms. The van der Waals surface area contributed by atoms with Crippen molar-refractivity contribution in [3.63, 3.8) is 0 Å². The number of rotatable bonds is 7.